The van der Waals surface area contributed by atoms with E-state index >= 15 is 0 Å². The molecule has 0 aromatic heterocycles. The standard InChI is InChI=1S/6C7H7.3Sn.3Te/c6*1-7-5-3-2-4-6-7;;;;;;/h6*2-6H,1H2;;;;;;. The summed E-state index contributed by atoms with van der Waals surface area (Å²) in [7, 11) is 0. The van der Waals surface area contributed by atoms with Crippen LogP contribution in [-0.4, -0.2) is 134 Å². The number of hydrogen-bond donors (Lipinski definition) is 0. The molecule has 0 aliphatic heterocycles. The number of hydrogen-bond acceptors (Lipinski definition) is 0. The van der Waals surface area contributed by atoms with Crippen molar-refractivity contribution in [2.45, 2.75) is 26.6 Å². The first kappa shape index (κ1) is 46.1. The fourth-order valence-electron chi connectivity index (χ4n) is 4.63. The van der Waals surface area contributed by atoms with E-state index in [0.717, 1.165) is 0 Å². The second-order valence-corrected chi connectivity index (χ2v) is 21.1. The van der Waals surface area contributed by atoms with Gasteiger partial charge in [-0.2, -0.15) is 0 Å². The molecule has 6 heteroatoms. The molecule has 0 atom stereocenters. The van der Waals surface area contributed by atoms with Gasteiger partial charge in [0.25, 0.3) is 0 Å². The molecule has 0 aliphatic carbocycles. The first-order valence-electron chi connectivity index (χ1n) is 15.7. The Kier molecular flexibility index (Phi) is 29.5. The van der Waals surface area contributed by atoms with Crippen molar-refractivity contribution in [2.24, 2.45) is 0 Å². The van der Waals surface area contributed by atoms with Crippen molar-refractivity contribution in [3.63, 3.8) is 0 Å². The fourth-order valence-corrected chi connectivity index (χ4v) is 14.7. The van der Waals surface area contributed by atoms with E-state index < -0.39 is 0 Å². The summed E-state index contributed by atoms with van der Waals surface area (Å²) in [5.74, 6) is 0. The van der Waals surface area contributed by atoms with Crippen molar-refractivity contribution in [3.8, 4) is 0 Å². The molecule has 0 aliphatic rings. The zero-order valence-corrected chi connectivity index (χ0v) is 42.8. The van der Waals surface area contributed by atoms with Gasteiger partial charge in [0.05, 0.1) is 0 Å². The van der Waals surface area contributed by atoms with E-state index in [4.69, 9.17) is 0 Å². The van der Waals surface area contributed by atoms with Gasteiger partial charge in [-0.1, -0.05) is 0 Å². The van der Waals surface area contributed by atoms with Gasteiger partial charge in [0.2, 0.25) is 0 Å². The number of benzene rings is 6. The maximum absolute atomic E-state index is 2.24. The molecule has 0 bridgehead atoms. The average molecular weight is 1290 g/mol. The molecule has 0 N–H and O–H groups in total. The van der Waals surface area contributed by atoms with Crippen LogP contribution < -0.4 is 0 Å². The van der Waals surface area contributed by atoms with E-state index in [1.54, 1.807) is 0 Å². The minimum absolute atomic E-state index is 0. The molecule has 0 spiro atoms. The normalized spacial score (nSPS) is 9.50. The predicted octanol–water partition coefficient (Wildman–Crippen LogP) is 8.13. The van der Waals surface area contributed by atoms with Crippen LogP contribution in [-0.2, 0) is 26.6 Å². The van der Waals surface area contributed by atoms with Crippen LogP contribution in [0.2, 0.25) is 0 Å². The van der Waals surface area contributed by atoms with Crippen molar-refractivity contribution < 1.29 is 0 Å². The van der Waals surface area contributed by atoms with Crippen LogP contribution in [0.5, 0.6) is 0 Å². The van der Waals surface area contributed by atoms with Crippen molar-refractivity contribution in [2.75, 3.05) is 0 Å². The van der Waals surface area contributed by atoms with Crippen LogP contribution in [0.15, 0.2) is 182 Å². The fraction of sp³-hybridized carbons (Fsp3) is 0.143. The molecule has 6 aromatic carbocycles. The summed E-state index contributed by atoms with van der Waals surface area (Å²) in [6.45, 7) is 0. The van der Waals surface area contributed by atoms with Crippen molar-refractivity contribution >= 4 is 134 Å². The Labute approximate surface area is 371 Å². The predicted molar refractivity (Wildman–Crippen MR) is 215 cm³/mol. The van der Waals surface area contributed by atoms with Gasteiger partial charge < -0.3 is 0 Å². The van der Waals surface area contributed by atoms with Gasteiger partial charge >= 0.3 is 305 Å². The monoisotopic (exact) mass is 1300 g/mol. The van der Waals surface area contributed by atoms with Crippen LogP contribution in [0.3, 0.4) is 0 Å². The van der Waals surface area contributed by atoms with E-state index in [1.165, 1.54) is 60.0 Å². The van der Waals surface area contributed by atoms with Crippen LogP contribution in [0, 0.1) is 0 Å². The van der Waals surface area contributed by atoms with E-state index in [2.05, 4.69) is 182 Å². The molecular weight excluding hydrogens is 1240 g/mol. The summed E-state index contributed by atoms with van der Waals surface area (Å²) < 4.78 is 8.08. The van der Waals surface area contributed by atoms with Crippen molar-refractivity contribution in [1.82, 2.24) is 0 Å². The van der Waals surface area contributed by atoms with Crippen molar-refractivity contribution in [1.29, 1.82) is 0 Å². The number of rotatable bonds is 12. The molecular formula is C42H42Sn3Te3. The van der Waals surface area contributed by atoms with Crippen molar-refractivity contribution in [3.05, 3.63) is 215 Å². The van der Waals surface area contributed by atoms with Gasteiger partial charge in [-0.3, -0.25) is 0 Å². The molecule has 0 fully saturated rings. The quantitative estimate of drug-likeness (QED) is 0.109. The van der Waals surface area contributed by atoms with Crippen LogP contribution >= 0.6 is 0 Å². The summed E-state index contributed by atoms with van der Waals surface area (Å²) in [4.78, 5) is 0. The third-order valence-corrected chi connectivity index (χ3v) is 18.3. The van der Waals surface area contributed by atoms with Crippen LogP contribution in [0.4, 0.5) is 0 Å². The van der Waals surface area contributed by atoms with E-state index in [-0.39, 0.29) is 134 Å². The molecule has 6 aromatic rings. The minimum atomic E-state index is -0.258. The Bertz CT molecular complexity index is 1230. The molecule has 0 amide bonds. The van der Waals surface area contributed by atoms with E-state index in [9.17, 15) is 0 Å². The Morgan fingerprint density at radius 1 is 0.208 bits per heavy atom. The van der Waals surface area contributed by atoms with E-state index in [1.807, 2.05) is 0 Å². The molecule has 0 unspecified atom stereocenters. The molecule has 0 nitrogen and oxygen atoms in total. The summed E-state index contributed by atoms with van der Waals surface area (Å²) in [6, 6.07) is 65.1. The topological polar surface area (TPSA) is 0 Å². The summed E-state index contributed by atoms with van der Waals surface area (Å²) in [5.41, 5.74) is 9.08. The van der Waals surface area contributed by atoms with Crippen LogP contribution in [0.1, 0.15) is 33.4 Å². The van der Waals surface area contributed by atoms with Gasteiger partial charge in [0.15, 0.2) is 0 Å². The zero-order chi connectivity index (χ0) is 31.0. The third kappa shape index (κ3) is 21.4. The van der Waals surface area contributed by atoms with Gasteiger partial charge in [-0.05, 0) is 0 Å². The van der Waals surface area contributed by atoms with Gasteiger partial charge in [0, 0.05) is 71.0 Å². The Hall–Kier alpha value is 0.0849. The molecule has 240 valence electrons. The molecule has 0 saturated heterocycles. The first-order chi connectivity index (χ1) is 22.3. The third-order valence-electron chi connectivity index (χ3n) is 7.03. The van der Waals surface area contributed by atoms with Gasteiger partial charge in [-0.15, -0.1) is 0 Å². The molecule has 6 rings (SSSR count). The molecule has 12 radical (unpaired) electrons. The van der Waals surface area contributed by atoms with E-state index in [0.29, 0.717) is 0 Å². The second kappa shape index (κ2) is 30.7. The average Bonchev–Trinajstić information content (AvgIpc) is 3.12. The van der Waals surface area contributed by atoms with Crippen LogP contribution in [0.25, 0.3) is 0 Å². The molecule has 0 saturated carbocycles. The SMILES string of the molecule is [Te].[Te].[Te].c1ccc([CH2][Sn][CH2]c2ccccc2)cc1.c1ccc([CH2][Sn][CH2]c2ccccc2)cc1.c1ccc([CH2][Sn][CH2]c2ccccc2)cc1. The second-order valence-electron chi connectivity index (χ2n) is 10.7. The summed E-state index contributed by atoms with van der Waals surface area (Å²) in [5, 5.41) is 0. The summed E-state index contributed by atoms with van der Waals surface area (Å²) >= 11 is -0.773. The first-order valence-corrected chi connectivity index (χ1v) is 27.8. The Morgan fingerprint density at radius 2 is 0.333 bits per heavy atom. The molecule has 48 heavy (non-hydrogen) atoms. The molecule has 0 heterocycles. The zero-order valence-electron chi connectivity index (χ0n) is 27.3. The maximum atomic E-state index is 2.24. The summed E-state index contributed by atoms with van der Waals surface area (Å²) in [6.07, 6.45) is 0. The Balaban J connectivity index is 0.000000349. The van der Waals surface area contributed by atoms with Gasteiger partial charge in [0.1, 0.15) is 0 Å². The Morgan fingerprint density at radius 3 is 0.458 bits per heavy atom. The van der Waals surface area contributed by atoms with Gasteiger partial charge in [-0.25, -0.2) is 0 Å².